The first-order valence-corrected chi connectivity index (χ1v) is 18.7. The Kier molecular flexibility index (Phi) is 32.8. The SMILES string of the molecule is CCCCCC/C=C/CC/C=C/C(O)C(CO)NC(=O)C(O)CCCCCCCCCCCCCCCCCCCCC. The van der Waals surface area contributed by atoms with Gasteiger partial charge in [0.05, 0.1) is 18.8 Å². The predicted octanol–water partition coefficient (Wildman–Crippen LogP) is 9.87. The Morgan fingerprint density at radius 3 is 1.42 bits per heavy atom. The molecule has 4 N–H and O–H groups in total. The molecule has 254 valence electrons. The smallest absolute Gasteiger partial charge is 0.249 e. The second-order valence-electron chi connectivity index (χ2n) is 12.8. The summed E-state index contributed by atoms with van der Waals surface area (Å²) in [5, 5.41) is 32.8. The van der Waals surface area contributed by atoms with Crippen LogP contribution in [0.1, 0.15) is 187 Å². The normalized spacial score (nSPS) is 14.1. The van der Waals surface area contributed by atoms with Gasteiger partial charge in [-0.2, -0.15) is 0 Å². The van der Waals surface area contributed by atoms with E-state index in [1.165, 1.54) is 128 Å². The summed E-state index contributed by atoms with van der Waals surface area (Å²) in [6.07, 6.45) is 39.2. The van der Waals surface area contributed by atoms with E-state index >= 15 is 0 Å². The molecule has 0 aliphatic heterocycles. The first-order chi connectivity index (χ1) is 21.1. The molecule has 0 fully saturated rings. The second-order valence-corrected chi connectivity index (χ2v) is 12.8. The standard InChI is InChI=1S/C38H73NO4/c1-3-5-7-9-11-13-15-16-17-18-19-20-21-22-23-25-27-29-31-33-37(42)38(43)39-35(34-40)36(41)32-30-28-26-24-14-12-10-8-6-4-2/h14,24,30,32,35-37,40-42H,3-13,15-23,25-29,31,33-34H2,1-2H3,(H,39,43)/b24-14+,32-30+. The number of hydrogen-bond donors (Lipinski definition) is 4. The van der Waals surface area contributed by atoms with E-state index in [1.807, 2.05) is 6.08 Å². The van der Waals surface area contributed by atoms with Crippen LogP contribution in [0.2, 0.25) is 0 Å². The molecule has 5 nitrogen and oxygen atoms in total. The molecule has 0 aromatic rings. The van der Waals surface area contributed by atoms with Crippen LogP contribution in [0.3, 0.4) is 0 Å². The quantitative estimate of drug-likeness (QED) is 0.0441. The molecule has 3 unspecified atom stereocenters. The van der Waals surface area contributed by atoms with Gasteiger partial charge in [0, 0.05) is 0 Å². The molecule has 1 amide bonds. The molecule has 0 saturated carbocycles. The number of aliphatic hydroxyl groups excluding tert-OH is 3. The Bertz CT molecular complexity index is 635. The molecule has 0 radical (unpaired) electrons. The number of carbonyl (C=O) groups excluding carboxylic acids is 1. The second kappa shape index (κ2) is 33.7. The molecule has 0 heterocycles. The van der Waals surface area contributed by atoms with E-state index in [0.717, 1.165) is 38.5 Å². The van der Waals surface area contributed by atoms with E-state index in [2.05, 4.69) is 31.3 Å². The molecule has 43 heavy (non-hydrogen) atoms. The van der Waals surface area contributed by atoms with Crippen LogP contribution in [0.25, 0.3) is 0 Å². The number of aliphatic hydroxyl groups is 3. The summed E-state index contributed by atoms with van der Waals surface area (Å²) < 4.78 is 0. The number of nitrogens with one attached hydrogen (secondary N) is 1. The lowest BCUT2D eigenvalue weighted by atomic mass is 10.0. The van der Waals surface area contributed by atoms with Crippen molar-refractivity contribution in [2.45, 2.75) is 205 Å². The molecular formula is C38H73NO4. The number of allylic oxidation sites excluding steroid dienone is 3. The third kappa shape index (κ3) is 29.3. The number of amides is 1. The number of unbranched alkanes of at least 4 members (excludes halogenated alkanes) is 23. The lowest BCUT2D eigenvalue weighted by Crippen LogP contribution is -2.48. The van der Waals surface area contributed by atoms with Crippen molar-refractivity contribution in [1.29, 1.82) is 0 Å². The third-order valence-corrected chi connectivity index (χ3v) is 8.54. The summed E-state index contributed by atoms with van der Waals surface area (Å²) in [5.74, 6) is -0.514. The summed E-state index contributed by atoms with van der Waals surface area (Å²) in [6, 6.07) is -0.808. The Hall–Kier alpha value is -1.17. The van der Waals surface area contributed by atoms with Crippen molar-refractivity contribution in [3.63, 3.8) is 0 Å². The summed E-state index contributed by atoms with van der Waals surface area (Å²) in [6.45, 7) is 4.12. The fourth-order valence-corrected chi connectivity index (χ4v) is 5.55. The Labute approximate surface area is 267 Å². The highest BCUT2D eigenvalue weighted by Gasteiger charge is 2.22. The summed E-state index contributed by atoms with van der Waals surface area (Å²) in [7, 11) is 0. The minimum Gasteiger partial charge on any atom is -0.394 e. The largest absolute Gasteiger partial charge is 0.394 e. The maximum Gasteiger partial charge on any atom is 0.249 e. The van der Waals surface area contributed by atoms with Gasteiger partial charge >= 0.3 is 0 Å². The van der Waals surface area contributed by atoms with Crippen LogP contribution in [-0.2, 0) is 4.79 Å². The number of carbonyl (C=O) groups is 1. The van der Waals surface area contributed by atoms with Crippen LogP contribution in [0.5, 0.6) is 0 Å². The van der Waals surface area contributed by atoms with Crippen molar-refractivity contribution >= 4 is 5.91 Å². The monoisotopic (exact) mass is 608 g/mol. The molecule has 0 spiro atoms. The zero-order valence-corrected chi connectivity index (χ0v) is 28.6. The average Bonchev–Trinajstić information content (AvgIpc) is 3.01. The van der Waals surface area contributed by atoms with Gasteiger partial charge < -0.3 is 20.6 Å². The molecular weight excluding hydrogens is 534 g/mol. The summed E-state index contributed by atoms with van der Waals surface area (Å²) >= 11 is 0. The first-order valence-electron chi connectivity index (χ1n) is 18.7. The van der Waals surface area contributed by atoms with Gasteiger partial charge in [0.25, 0.3) is 0 Å². The minimum atomic E-state index is -1.10. The average molecular weight is 608 g/mol. The van der Waals surface area contributed by atoms with Gasteiger partial charge in [-0.1, -0.05) is 179 Å². The molecule has 0 aromatic heterocycles. The number of hydrogen-bond acceptors (Lipinski definition) is 4. The van der Waals surface area contributed by atoms with Crippen molar-refractivity contribution in [3.05, 3.63) is 24.3 Å². The molecule has 3 atom stereocenters. The highest BCUT2D eigenvalue weighted by Crippen LogP contribution is 2.15. The zero-order valence-electron chi connectivity index (χ0n) is 28.6. The fourth-order valence-electron chi connectivity index (χ4n) is 5.55. The Balaban J connectivity index is 3.68. The van der Waals surface area contributed by atoms with Crippen molar-refractivity contribution in [1.82, 2.24) is 5.32 Å². The minimum absolute atomic E-state index is 0.374. The van der Waals surface area contributed by atoms with Crippen LogP contribution in [0.15, 0.2) is 24.3 Å². The third-order valence-electron chi connectivity index (χ3n) is 8.54. The van der Waals surface area contributed by atoms with Gasteiger partial charge in [0.1, 0.15) is 6.10 Å². The zero-order chi connectivity index (χ0) is 31.6. The van der Waals surface area contributed by atoms with Crippen molar-refractivity contribution < 1.29 is 20.1 Å². The van der Waals surface area contributed by atoms with Gasteiger partial charge in [-0.25, -0.2) is 0 Å². The van der Waals surface area contributed by atoms with Crippen molar-refractivity contribution in [3.8, 4) is 0 Å². The molecule has 0 rings (SSSR count). The molecule has 0 aliphatic rings. The van der Waals surface area contributed by atoms with E-state index in [9.17, 15) is 20.1 Å². The first kappa shape index (κ1) is 41.8. The van der Waals surface area contributed by atoms with Gasteiger partial charge in [-0.15, -0.1) is 0 Å². The maximum atomic E-state index is 12.4. The highest BCUT2D eigenvalue weighted by molar-refractivity contribution is 5.80. The molecule has 5 heteroatoms. The predicted molar refractivity (Wildman–Crippen MR) is 185 cm³/mol. The summed E-state index contributed by atoms with van der Waals surface area (Å²) in [5.41, 5.74) is 0. The van der Waals surface area contributed by atoms with Gasteiger partial charge in [0.15, 0.2) is 0 Å². The van der Waals surface area contributed by atoms with Crippen LogP contribution >= 0.6 is 0 Å². The van der Waals surface area contributed by atoms with Crippen LogP contribution in [0.4, 0.5) is 0 Å². The molecule has 0 bridgehead atoms. The molecule has 0 aromatic carbocycles. The molecule has 0 aliphatic carbocycles. The summed E-state index contributed by atoms with van der Waals surface area (Å²) in [4.78, 5) is 12.4. The number of rotatable bonds is 33. The highest BCUT2D eigenvalue weighted by atomic mass is 16.3. The Morgan fingerprint density at radius 1 is 0.558 bits per heavy atom. The van der Waals surface area contributed by atoms with Crippen molar-refractivity contribution in [2.24, 2.45) is 0 Å². The topological polar surface area (TPSA) is 89.8 Å². The maximum absolute atomic E-state index is 12.4. The molecule has 0 saturated heterocycles. The van der Waals surface area contributed by atoms with Crippen LogP contribution in [-0.4, -0.2) is 46.1 Å². The van der Waals surface area contributed by atoms with E-state index in [-0.39, 0.29) is 6.61 Å². The van der Waals surface area contributed by atoms with E-state index < -0.39 is 24.2 Å². The van der Waals surface area contributed by atoms with Gasteiger partial charge in [0.2, 0.25) is 5.91 Å². The lowest BCUT2D eigenvalue weighted by Gasteiger charge is -2.21. The fraction of sp³-hybridized carbons (Fsp3) is 0.868. The van der Waals surface area contributed by atoms with Crippen LogP contribution in [0, 0.1) is 0 Å². The van der Waals surface area contributed by atoms with E-state index in [4.69, 9.17) is 0 Å². The van der Waals surface area contributed by atoms with Crippen LogP contribution < -0.4 is 5.32 Å². The lowest BCUT2D eigenvalue weighted by molar-refractivity contribution is -0.131. The van der Waals surface area contributed by atoms with Crippen molar-refractivity contribution in [2.75, 3.05) is 6.61 Å². The Morgan fingerprint density at radius 2 is 0.953 bits per heavy atom. The van der Waals surface area contributed by atoms with Gasteiger partial charge in [-0.05, 0) is 32.1 Å². The van der Waals surface area contributed by atoms with Gasteiger partial charge in [-0.3, -0.25) is 4.79 Å². The van der Waals surface area contributed by atoms with E-state index in [0.29, 0.717) is 6.42 Å². The van der Waals surface area contributed by atoms with E-state index in [1.54, 1.807) is 6.08 Å².